The molecule has 0 bridgehead atoms. The summed E-state index contributed by atoms with van der Waals surface area (Å²) in [6.45, 7) is 0.814. The van der Waals surface area contributed by atoms with E-state index in [1.54, 1.807) is 26.4 Å². The van der Waals surface area contributed by atoms with E-state index in [0.29, 0.717) is 23.5 Å². The van der Waals surface area contributed by atoms with Gasteiger partial charge in [-0.15, -0.1) is 0 Å². The molecule has 4 nitrogen and oxygen atoms in total. The van der Waals surface area contributed by atoms with Crippen molar-refractivity contribution in [2.75, 3.05) is 20.8 Å². The summed E-state index contributed by atoms with van der Waals surface area (Å²) in [5.41, 5.74) is 0.561. The second-order valence-electron chi connectivity index (χ2n) is 4.78. The SMILES string of the molecule is COc1cc(C(=O)CCC2CCCO2)c(OC)cc1Br. The van der Waals surface area contributed by atoms with Crippen molar-refractivity contribution in [3.63, 3.8) is 0 Å². The maximum atomic E-state index is 12.4. The minimum Gasteiger partial charge on any atom is -0.496 e. The molecule has 0 aromatic heterocycles. The summed E-state index contributed by atoms with van der Waals surface area (Å²) < 4.78 is 16.8. The van der Waals surface area contributed by atoms with E-state index in [-0.39, 0.29) is 11.9 Å². The van der Waals surface area contributed by atoms with E-state index < -0.39 is 0 Å². The molecule has 1 aromatic carbocycles. The maximum absolute atomic E-state index is 12.4. The number of halogens is 1. The molecule has 1 heterocycles. The highest BCUT2D eigenvalue weighted by molar-refractivity contribution is 9.10. The van der Waals surface area contributed by atoms with E-state index in [9.17, 15) is 4.79 Å². The van der Waals surface area contributed by atoms with Crippen molar-refractivity contribution in [1.82, 2.24) is 0 Å². The molecule has 0 spiro atoms. The first-order chi connectivity index (χ1) is 9.65. The van der Waals surface area contributed by atoms with Gasteiger partial charge in [-0.25, -0.2) is 0 Å². The summed E-state index contributed by atoms with van der Waals surface area (Å²) in [6.07, 6.45) is 3.59. The smallest absolute Gasteiger partial charge is 0.166 e. The number of hydrogen-bond acceptors (Lipinski definition) is 4. The highest BCUT2D eigenvalue weighted by atomic mass is 79.9. The van der Waals surface area contributed by atoms with Gasteiger partial charge < -0.3 is 14.2 Å². The van der Waals surface area contributed by atoms with E-state index in [1.165, 1.54) is 0 Å². The number of methoxy groups -OCH3 is 2. The van der Waals surface area contributed by atoms with Crippen LogP contribution in [0.25, 0.3) is 0 Å². The van der Waals surface area contributed by atoms with Crippen molar-refractivity contribution >= 4 is 21.7 Å². The monoisotopic (exact) mass is 342 g/mol. The van der Waals surface area contributed by atoms with Crippen LogP contribution in [0.5, 0.6) is 11.5 Å². The lowest BCUT2D eigenvalue weighted by Gasteiger charge is -2.13. The van der Waals surface area contributed by atoms with Gasteiger partial charge in [0.1, 0.15) is 11.5 Å². The summed E-state index contributed by atoms with van der Waals surface area (Å²) in [7, 11) is 3.14. The molecule has 1 aliphatic rings. The number of ether oxygens (including phenoxy) is 3. The van der Waals surface area contributed by atoms with Gasteiger partial charge in [0, 0.05) is 13.0 Å². The lowest BCUT2D eigenvalue weighted by atomic mass is 10.0. The van der Waals surface area contributed by atoms with Crippen LogP contribution in [0.2, 0.25) is 0 Å². The molecule has 20 heavy (non-hydrogen) atoms. The molecule has 1 fully saturated rings. The Morgan fingerprint density at radius 2 is 2.10 bits per heavy atom. The Bertz CT molecular complexity index is 481. The fourth-order valence-corrected chi connectivity index (χ4v) is 2.86. The number of hydrogen-bond donors (Lipinski definition) is 0. The van der Waals surface area contributed by atoms with Gasteiger partial charge in [0.15, 0.2) is 5.78 Å². The van der Waals surface area contributed by atoms with Gasteiger partial charge in [-0.3, -0.25) is 4.79 Å². The summed E-state index contributed by atoms with van der Waals surface area (Å²) in [6, 6.07) is 3.49. The third-order valence-electron chi connectivity index (χ3n) is 3.49. The minimum absolute atomic E-state index is 0.0585. The molecule has 1 saturated heterocycles. The van der Waals surface area contributed by atoms with E-state index in [4.69, 9.17) is 14.2 Å². The van der Waals surface area contributed by atoms with Crippen molar-refractivity contribution in [3.8, 4) is 11.5 Å². The molecule has 0 amide bonds. The Labute approximate surface area is 127 Å². The highest BCUT2D eigenvalue weighted by Crippen LogP contribution is 2.33. The summed E-state index contributed by atoms with van der Waals surface area (Å²) in [4.78, 5) is 12.4. The Morgan fingerprint density at radius 1 is 1.35 bits per heavy atom. The van der Waals surface area contributed by atoms with Crippen LogP contribution >= 0.6 is 15.9 Å². The highest BCUT2D eigenvalue weighted by Gasteiger charge is 2.20. The normalized spacial score (nSPS) is 18.1. The second-order valence-corrected chi connectivity index (χ2v) is 5.64. The zero-order valence-corrected chi connectivity index (χ0v) is 13.4. The van der Waals surface area contributed by atoms with Crippen LogP contribution in [-0.2, 0) is 4.74 Å². The van der Waals surface area contributed by atoms with Crippen molar-refractivity contribution in [3.05, 3.63) is 22.2 Å². The van der Waals surface area contributed by atoms with Crippen molar-refractivity contribution in [2.45, 2.75) is 31.8 Å². The van der Waals surface area contributed by atoms with Crippen LogP contribution in [-0.4, -0.2) is 32.7 Å². The Morgan fingerprint density at radius 3 is 2.70 bits per heavy atom. The fraction of sp³-hybridized carbons (Fsp3) is 0.533. The van der Waals surface area contributed by atoms with Gasteiger partial charge >= 0.3 is 0 Å². The third kappa shape index (κ3) is 3.52. The van der Waals surface area contributed by atoms with E-state index in [0.717, 1.165) is 30.3 Å². The molecule has 1 aromatic rings. The van der Waals surface area contributed by atoms with Crippen LogP contribution in [0.15, 0.2) is 16.6 Å². The Kier molecular flexibility index (Phi) is 5.43. The molecule has 2 rings (SSSR count). The Hall–Kier alpha value is -1.07. The van der Waals surface area contributed by atoms with Crippen LogP contribution in [0.4, 0.5) is 0 Å². The standard InChI is InChI=1S/C15H19BrO4/c1-18-14-9-12(16)15(19-2)8-11(14)13(17)6-5-10-4-3-7-20-10/h8-10H,3-7H2,1-2H3. The largest absolute Gasteiger partial charge is 0.496 e. The van der Waals surface area contributed by atoms with Crippen LogP contribution < -0.4 is 9.47 Å². The van der Waals surface area contributed by atoms with E-state index in [2.05, 4.69) is 15.9 Å². The first-order valence-corrected chi connectivity index (χ1v) is 7.51. The Balaban J connectivity index is 2.10. The van der Waals surface area contributed by atoms with Gasteiger partial charge in [0.2, 0.25) is 0 Å². The average molecular weight is 343 g/mol. The number of rotatable bonds is 6. The molecule has 0 aliphatic carbocycles. The first kappa shape index (κ1) is 15.3. The van der Waals surface area contributed by atoms with Gasteiger partial charge in [-0.05, 0) is 47.3 Å². The molecule has 1 atom stereocenters. The predicted octanol–water partition coefficient (Wildman–Crippen LogP) is 3.61. The molecule has 0 N–H and O–H groups in total. The van der Waals surface area contributed by atoms with Crippen molar-refractivity contribution in [2.24, 2.45) is 0 Å². The first-order valence-electron chi connectivity index (χ1n) is 6.72. The van der Waals surface area contributed by atoms with Crippen molar-refractivity contribution in [1.29, 1.82) is 0 Å². The minimum atomic E-state index is 0.0585. The predicted molar refractivity (Wildman–Crippen MR) is 79.8 cm³/mol. The van der Waals surface area contributed by atoms with Crippen molar-refractivity contribution < 1.29 is 19.0 Å². The van der Waals surface area contributed by atoms with Gasteiger partial charge in [0.25, 0.3) is 0 Å². The van der Waals surface area contributed by atoms with E-state index in [1.807, 2.05) is 0 Å². The molecule has 1 aliphatic heterocycles. The molecular formula is C15H19BrO4. The summed E-state index contributed by atoms with van der Waals surface area (Å²) >= 11 is 3.39. The lowest BCUT2D eigenvalue weighted by molar-refractivity contribution is 0.0857. The fourth-order valence-electron chi connectivity index (χ4n) is 2.38. The average Bonchev–Trinajstić information content (AvgIpc) is 2.97. The molecule has 5 heteroatoms. The van der Waals surface area contributed by atoms with Crippen LogP contribution in [0.1, 0.15) is 36.0 Å². The lowest BCUT2D eigenvalue weighted by Crippen LogP contribution is -2.10. The number of ketones is 1. The van der Waals surface area contributed by atoms with Crippen LogP contribution in [0, 0.1) is 0 Å². The molecular weight excluding hydrogens is 324 g/mol. The molecule has 110 valence electrons. The second kappa shape index (κ2) is 7.09. The maximum Gasteiger partial charge on any atom is 0.166 e. The third-order valence-corrected chi connectivity index (χ3v) is 4.11. The number of carbonyl (C=O) groups excluding carboxylic acids is 1. The zero-order valence-electron chi connectivity index (χ0n) is 11.8. The van der Waals surface area contributed by atoms with Crippen LogP contribution in [0.3, 0.4) is 0 Å². The van der Waals surface area contributed by atoms with Gasteiger partial charge in [0.05, 0.1) is 30.4 Å². The number of benzene rings is 1. The van der Waals surface area contributed by atoms with E-state index >= 15 is 0 Å². The molecule has 1 unspecified atom stereocenters. The topological polar surface area (TPSA) is 44.8 Å². The summed E-state index contributed by atoms with van der Waals surface area (Å²) in [5, 5.41) is 0. The molecule has 0 saturated carbocycles. The number of carbonyl (C=O) groups is 1. The number of Topliss-reactive ketones (excluding diaryl/α,β-unsaturated/α-hetero) is 1. The molecule has 0 radical (unpaired) electrons. The summed E-state index contributed by atoms with van der Waals surface area (Å²) in [5.74, 6) is 1.25. The quantitative estimate of drug-likeness (QED) is 0.741. The zero-order chi connectivity index (χ0) is 14.5. The van der Waals surface area contributed by atoms with Gasteiger partial charge in [-0.1, -0.05) is 0 Å². The van der Waals surface area contributed by atoms with Gasteiger partial charge in [-0.2, -0.15) is 0 Å².